The summed E-state index contributed by atoms with van der Waals surface area (Å²) in [7, 11) is 0. The average Bonchev–Trinajstić information content (AvgIpc) is 2.58. The first kappa shape index (κ1) is 25.6. The van der Waals surface area contributed by atoms with Gasteiger partial charge < -0.3 is 0 Å². The maximum Gasteiger partial charge on any atom is 0.230 e. The van der Waals surface area contributed by atoms with Crippen molar-refractivity contribution in [3.05, 3.63) is 30.3 Å². The molecule has 0 N–H and O–H groups in total. The zero-order chi connectivity index (χ0) is 22.7. The number of nitrogens with zero attached hydrogens (tertiary/aromatic N) is 3. The van der Waals surface area contributed by atoms with E-state index >= 15 is 0 Å². The highest BCUT2D eigenvalue weighted by Gasteiger charge is 2.18. The Morgan fingerprint density at radius 3 is 1.10 bits per heavy atom. The number of hydrogen-bond acceptors (Lipinski definition) is 6. The minimum absolute atomic E-state index is 0.0316. The molecule has 1 aromatic rings. The largest absolute Gasteiger partial charge is 0.281 e. The fraction of sp³-hybridized carbons (Fsp3) is 0.400. The van der Waals surface area contributed by atoms with E-state index in [1.54, 1.807) is 24.3 Å². The van der Waals surface area contributed by atoms with Crippen LogP contribution in [0.1, 0.15) is 41.5 Å². The van der Waals surface area contributed by atoms with Crippen LogP contribution in [-0.2, 0) is 28.8 Å². The molecule has 0 saturated carbocycles. The van der Waals surface area contributed by atoms with Crippen LogP contribution in [0, 0.1) is 0 Å². The van der Waals surface area contributed by atoms with Crippen molar-refractivity contribution in [2.24, 2.45) is 0 Å². The van der Waals surface area contributed by atoms with E-state index in [2.05, 4.69) is 0 Å². The summed E-state index contributed by atoms with van der Waals surface area (Å²) >= 11 is 0. The Morgan fingerprint density at radius 1 is 0.552 bits per heavy atom. The van der Waals surface area contributed by atoms with Crippen LogP contribution in [0.25, 0.3) is 0 Å². The molecule has 0 fully saturated rings. The minimum atomic E-state index is -0.403. The quantitative estimate of drug-likeness (QED) is 0.748. The number of benzene rings is 1. The molecule has 0 aliphatic carbocycles. The van der Waals surface area contributed by atoms with Crippen LogP contribution >= 0.6 is 0 Å². The Bertz CT molecular complexity index is 702. The van der Waals surface area contributed by atoms with Crippen LogP contribution in [0.5, 0.6) is 0 Å². The third-order valence-corrected chi connectivity index (χ3v) is 3.71. The highest BCUT2D eigenvalue weighted by atomic mass is 16.2. The van der Waals surface area contributed by atoms with Crippen molar-refractivity contribution >= 4 is 41.1 Å². The maximum atomic E-state index is 11.1. The van der Waals surface area contributed by atoms with Crippen LogP contribution in [-0.4, -0.2) is 58.3 Å². The van der Waals surface area contributed by atoms with Gasteiger partial charge in [-0.25, -0.2) is 0 Å². The number of carbonyl (C=O) groups excluding carboxylic acids is 6. The van der Waals surface area contributed by atoms with Crippen molar-refractivity contribution in [3.63, 3.8) is 0 Å². The topological polar surface area (TPSA) is 112 Å². The minimum Gasteiger partial charge on any atom is -0.281 e. The predicted octanol–water partition coefficient (Wildman–Crippen LogP) is 1.36. The fourth-order valence-electron chi connectivity index (χ4n) is 2.44. The summed E-state index contributed by atoms with van der Waals surface area (Å²) < 4.78 is 0. The molecule has 0 bridgehead atoms. The average molecular weight is 405 g/mol. The van der Waals surface area contributed by atoms with Gasteiger partial charge in [0.25, 0.3) is 0 Å². The summed E-state index contributed by atoms with van der Waals surface area (Å²) in [6.07, 6.45) is 0. The van der Waals surface area contributed by atoms with Gasteiger partial charge in [-0.05, 0) is 12.1 Å². The van der Waals surface area contributed by atoms with E-state index in [4.69, 9.17) is 0 Å². The standard InChI is InChI=1S/C10H16N2O4.C10H11NO2/c1-7(13)11(8(2)14)5-6-12(9(3)15)10(4)16;1-8(12)11(9(2)13)10-6-4-3-5-7-10/h5-6H2,1-4H3;3-7H,1-2H3. The molecule has 0 spiro atoms. The number of carbonyl (C=O) groups is 6. The number of para-hydroxylation sites is 1. The lowest BCUT2D eigenvalue weighted by Crippen LogP contribution is -2.43. The van der Waals surface area contributed by atoms with Crippen LogP contribution < -0.4 is 4.90 Å². The zero-order valence-corrected chi connectivity index (χ0v) is 17.6. The number of amides is 6. The molecule has 0 unspecified atom stereocenters. The highest BCUT2D eigenvalue weighted by molar-refractivity contribution is 6.13. The van der Waals surface area contributed by atoms with Gasteiger partial charge in [0, 0.05) is 54.6 Å². The molecule has 29 heavy (non-hydrogen) atoms. The van der Waals surface area contributed by atoms with E-state index < -0.39 is 23.6 Å². The smallest absolute Gasteiger partial charge is 0.230 e. The number of anilines is 1. The highest BCUT2D eigenvalue weighted by Crippen LogP contribution is 2.13. The van der Waals surface area contributed by atoms with Gasteiger partial charge in [-0.1, -0.05) is 18.2 Å². The predicted molar refractivity (Wildman–Crippen MR) is 106 cm³/mol. The van der Waals surface area contributed by atoms with Crippen LogP contribution in [0.15, 0.2) is 30.3 Å². The van der Waals surface area contributed by atoms with Gasteiger partial charge in [-0.15, -0.1) is 0 Å². The lowest BCUT2D eigenvalue weighted by atomic mass is 10.3. The Labute approximate surface area is 170 Å². The van der Waals surface area contributed by atoms with Crippen LogP contribution in [0.3, 0.4) is 0 Å². The van der Waals surface area contributed by atoms with Crippen molar-refractivity contribution < 1.29 is 28.8 Å². The molecule has 0 aliphatic heterocycles. The van der Waals surface area contributed by atoms with Crippen LogP contribution in [0.4, 0.5) is 5.69 Å². The fourth-order valence-corrected chi connectivity index (χ4v) is 2.44. The molecule has 0 atom stereocenters. The van der Waals surface area contributed by atoms with E-state index in [0.29, 0.717) is 5.69 Å². The second kappa shape index (κ2) is 12.2. The van der Waals surface area contributed by atoms with Gasteiger partial charge in [-0.3, -0.25) is 43.5 Å². The third-order valence-electron chi connectivity index (χ3n) is 3.71. The first-order chi connectivity index (χ1) is 13.4. The summed E-state index contributed by atoms with van der Waals surface area (Å²) in [6, 6.07) is 8.86. The van der Waals surface area contributed by atoms with Gasteiger partial charge >= 0.3 is 0 Å². The van der Waals surface area contributed by atoms with Gasteiger partial charge in [0.2, 0.25) is 35.4 Å². The van der Waals surface area contributed by atoms with E-state index in [1.807, 2.05) is 6.07 Å². The van der Waals surface area contributed by atoms with Gasteiger partial charge in [0.05, 0.1) is 5.69 Å². The summed E-state index contributed by atoms with van der Waals surface area (Å²) in [6.45, 7) is 7.83. The van der Waals surface area contributed by atoms with Gasteiger partial charge in [0.15, 0.2) is 0 Å². The second-order valence-corrected chi connectivity index (χ2v) is 6.09. The molecule has 1 aromatic carbocycles. The molecule has 0 saturated heterocycles. The normalized spacial score (nSPS) is 9.45. The lowest BCUT2D eigenvalue weighted by molar-refractivity contribution is -0.147. The molecule has 9 heteroatoms. The van der Waals surface area contributed by atoms with Gasteiger partial charge in [-0.2, -0.15) is 0 Å². The SMILES string of the molecule is CC(=O)N(C(C)=O)c1ccccc1.CC(=O)N(CCN(C(C)=O)C(C)=O)C(C)=O. The molecule has 0 aromatic heterocycles. The molecular weight excluding hydrogens is 378 g/mol. The van der Waals surface area contributed by atoms with E-state index in [1.165, 1.54) is 41.5 Å². The van der Waals surface area contributed by atoms with Crippen LogP contribution in [0.2, 0.25) is 0 Å². The summed E-state index contributed by atoms with van der Waals surface area (Å²) in [5.41, 5.74) is 0.613. The first-order valence-electron chi connectivity index (χ1n) is 8.83. The summed E-state index contributed by atoms with van der Waals surface area (Å²) in [5.74, 6) is -2.14. The van der Waals surface area contributed by atoms with E-state index in [-0.39, 0.29) is 24.9 Å². The Morgan fingerprint density at radius 2 is 0.862 bits per heavy atom. The summed E-state index contributed by atoms with van der Waals surface area (Å²) in [4.78, 5) is 69.5. The Balaban J connectivity index is 0.000000551. The van der Waals surface area contributed by atoms with E-state index in [9.17, 15) is 28.8 Å². The third kappa shape index (κ3) is 8.91. The molecule has 1 rings (SSSR count). The number of hydrogen-bond donors (Lipinski definition) is 0. The van der Waals surface area contributed by atoms with Crippen molar-refractivity contribution in [1.82, 2.24) is 9.80 Å². The van der Waals surface area contributed by atoms with Crippen molar-refractivity contribution in [1.29, 1.82) is 0 Å². The molecular formula is C20H27N3O6. The monoisotopic (exact) mass is 405 g/mol. The first-order valence-corrected chi connectivity index (χ1v) is 8.83. The van der Waals surface area contributed by atoms with E-state index in [0.717, 1.165) is 14.7 Å². The number of rotatable bonds is 4. The molecule has 158 valence electrons. The van der Waals surface area contributed by atoms with Gasteiger partial charge in [0.1, 0.15) is 0 Å². The lowest BCUT2D eigenvalue weighted by Gasteiger charge is -2.22. The zero-order valence-electron chi connectivity index (χ0n) is 17.6. The van der Waals surface area contributed by atoms with Crippen molar-refractivity contribution in [2.75, 3.05) is 18.0 Å². The Kier molecular flexibility index (Phi) is 10.8. The molecule has 9 nitrogen and oxygen atoms in total. The second-order valence-electron chi connectivity index (χ2n) is 6.09. The molecule has 6 amide bonds. The van der Waals surface area contributed by atoms with Crippen molar-refractivity contribution in [3.8, 4) is 0 Å². The summed E-state index contributed by atoms with van der Waals surface area (Å²) in [5, 5.41) is 0. The number of imide groups is 3. The Hall–Kier alpha value is -3.36. The molecule has 0 radical (unpaired) electrons. The van der Waals surface area contributed by atoms with Crippen molar-refractivity contribution in [2.45, 2.75) is 41.5 Å². The molecule has 0 heterocycles. The molecule has 0 aliphatic rings. The maximum absolute atomic E-state index is 11.1.